The highest BCUT2D eigenvalue weighted by Gasteiger charge is 2.29. The van der Waals surface area contributed by atoms with Crippen LogP contribution in [-0.2, 0) is 14.9 Å². The predicted octanol–water partition coefficient (Wildman–Crippen LogP) is 2.01. The number of hydroxylamine groups is 1. The van der Waals surface area contributed by atoms with Crippen LogP contribution in [0.15, 0.2) is 36.0 Å². The molecule has 0 unspecified atom stereocenters. The van der Waals surface area contributed by atoms with Crippen LogP contribution in [0.5, 0.6) is 0 Å². The number of allylic oxidation sites excluding steroid dienone is 1. The molecule has 92 valence electrons. The summed E-state index contributed by atoms with van der Waals surface area (Å²) in [7, 11) is -1.92. The maximum absolute atomic E-state index is 11.8. The van der Waals surface area contributed by atoms with Crippen molar-refractivity contribution in [1.29, 1.82) is 0 Å². The van der Waals surface area contributed by atoms with Crippen molar-refractivity contribution in [2.75, 3.05) is 12.9 Å². The lowest BCUT2D eigenvalue weighted by molar-refractivity contribution is -0.0230. The van der Waals surface area contributed by atoms with Crippen LogP contribution in [0.4, 0.5) is 0 Å². The zero-order valence-corrected chi connectivity index (χ0v) is 10.5. The van der Waals surface area contributed by atoms with Crippen LogP contribution in [0.3, 0.4) is 0 Å². The molecule has 1 aliphatic rings. The summed E-state index contributed by atoms with van der Waals surface area (Å²) in [6, 6.07) is 9.62. The van der Waals surface area contributed by atoms with Crippen molar-refractivity contribution < 1.29 is 13.3 Å². The second kappa shape index (κ2) is 4.89. The molecule has 1 heterocycles. The Morgan fingerprint density at radius 3 is 2.65 bits per heavy atom. The van der Waals surface area contributed by atoms with Gasteiger partial charge in [-0.15, -0.1) is 4.47 Å². The second-order valence-electron chi connectivity index (χ2n) is 3.88. The Kier molecular flexibility index (Phi) is 3.49. The summed E-state index contributed by atoms with van der Waals surface area (Å²) in [6.45, 7) is 0. The van der Waals surface area contributed by atoms with Gasteiger partial charge in [-0.05, 0) is 24.5 Å². The van der Waals surface area contributed by atoms with Gasteiger partial charge in [0.1, 0.15) is 0 Å². The lowest BCUT2D eigenvalue weighted by Gasteiger charge is -2.28. The van der Waals surface area contributed by atoms with Crippen LogP contribution in [0.1, 0.15) is 18.4 Å². The molecule has 0 atom stereocenters. The Labute approximate surface area is 102 Å². The average Bonchev–Trinajstić information content (AvgIpc) is 2.29. The van der Waals surface area contributed by atoms with E-state index in [4.69, 9.17) is 4.84 Å². The molecule has 17 heavy (non-hydrogen) atoms. The first-order valence-corrected chi connectivity index (χ1v) is 7.07. The summed E-state index contributed by atoms with van der Waals surface area (Å²) < 4.78 is 24.6. The summed E-state index contributed by atoms with van der Waals surface area (Å²) in [5, 5.41) is 0. The van der Waals surface area contributed by atoms with E-state index in [1.807, 2.05) is 36.4 Å². The summed E-state index contributed by atoms with van der Waals surface area (Å²) >= 11 is 0. The highest BCUT2D eigenvalue weighted by Crippen LogP contribution is 2.25. The Balaban J connectivity index is 2.34. The van der Waals surface area contributed by atoms with Gasteiger partial charge in [0.15, 0.2) is 0 Å². The molecule has 0 aromatic heterocycles. The zero-order chi connectivity index (χ0) is 12.3. The van der Waals surface area contributed by atoms with Gasteiger partial charge in [-0.1, -0.05) is 30.3 Å². The first kappa shape index (κ1) is 12.1. The fourth-order valence-corrected chi connectivity index (χ4v) is 3.29. The van der Waals surface area contributed by atoms with E-state index in [1.165, 1.54) is 7.11 Å². The molecule has 1 saturated heterocycles. The Morgan fingerprint density at radius 1 is 1.29 bits per heavy atom. The van der Waals surface area contributed by atoms with E-state index in [-0.39, 0.29) is 5.75 Å². The number of nitrogens with zero attached hydrogens (tertiary/aromatic N) is 1. The van der Waals surface area contributed by atoms with Crippen molar-refractivity contribution in [2.24, 2.45) is 0 Å². The predicted molar refractivity (Wildman–Crippen MR) is 66.3 cm³/mol. The first-order chi connectivity index (χ1) is 8.13. The second-order valence-corrected chi connectivity index (χ2v) is 5.78. The normalized spacial score (nSPS) is 21.7. The number of hydrogen-bond acceptors (Lipinski definition) is 3. The topological polar surface area (TPSA) is 46.6 Å². The van der Waals surface area contributed by atoms with Crippen molar-refractivity contribution >= 4 is 16.1 Å². The van der Waals surface area contributed by atoms with E-state index in [9.17, 15) is 8.42 Å². The standard InChI is InChI=1S/C12H15NO3S/c1-16-13-12(8-5-9-17(13,14)15)10-11-6-3-2-4-7-11/h2-4,6-7,10H,5,8-9H2,1H3. The van der Waals surface area contributed by atoms with E-state index in [0.717, 1.165) is 10.0 Å². The van der Waals surface area contributed by atoms with Gasteiger partial charge in [-0.25, -0.2) is 8.42 Å². The quantitative estimate of drug-likeness (QED) is 0.810. The van der Waals surface area contributed by atoms with E-state index >= 15 is 0 Å². The number of benzene rings is 1. The molecule has 1 aliphatic heterocycles. The van der Waals surface area contributed by atoms with E-state index in [0.29, 0.717) is 18.5 Å². The highest BCUT2D eigenvalue weighted by atomic mass is 32.2. The van der Waals surface area contributed by atoms with Crippen LogP contribution in [-0.4, -0.2) is 25.7 Å². The summed E-state index contributed by atoms with van der Waals surface area (Å²) in [6.07, 6.45) is 3.20. The van der Waals surface area contributed by atoms with Crippen LogP contribution >= 0.6 is 0 Å². The van der Waals surface area contributed by atoms with E-state index < -0.39 is 10.0 Å². The molecular weight excluding hydrogens is 238 g/mol. The summed E-state index contributed by atoms with van der Waals surface area (Å²) in [4.78, 5) is 4.97. The number of hydrogen-bond donors (Lipinski definition) is 0. The molecule has 0 aliphatic carbocycles. The zero-order valence-electron chi connectivity index (χ0n) is 9.67. The molecular formula is C12H15NO3S. The Bertz CT molecular complexity index is 508. The van der Waals surface area contributed by atoms with Crippen LogP contribution in [0, 0.1) is 0 Å². The Morgan fingerprint density at radius 2 is 2.00 bits per heavy atom. The fourth-order valence-electron chi connectivity index (χ4n) is 1.89. The van der Waals surface area contributed by atoms with Gasteiger partial charge in [0.25, 0.3) is 10.0 Å². The molecule has 0 N–H and O–H groups in total. The molecule has 4 nitrogen and oxygen atoms in total. The van der Waals surface area contributed by atoms with Gasteiger partial charge in [-0.2, -0.15) is 0 Å². The van der Waals surface area contributed by atoms with Gasteiger partial charge >= 0.3 is 0 Å². The summed E-state index contributed by atoms with van der Waals surface area (Å²) in [5.74, 6) is 0.146. The molecule has 0 bridgehead atoms. The van der Waals surface area contributed by atoms with E-state index in [1.54, 1.807) is 0 Å². The number of sulfonamides is 1. The molecule has 1 aromatic rings. The third-order valence-corrected chi connectivity index (χ3v) is 4.31. The smallest absolute Gasteiger partial charge is 0.257 e. The van der Waals surface area contributed by atoms with Crippen molar-refractivity contribution in [2.45, 2.75) is 12.8 Å². The maximum Gasteiger partial charge on any atom is 0.257 e. The SMILES string of the molecule is CON1C(=Cc2ccccc2)CCCS1(=O)=O. The molecule has 1 aromatic carbocycles. The molecule has 0 saturated carbocycles. The van der Waals surface area contributed by atoms with Crippen LogP contribution in [0.25, 0.3) is 6.08 Å². The monoisotopic (exact) mass is 253 g/mol. The third-order valence-electron chi connectivity index (χ3n) is 2.62. The van der Waals surface area contributed by atoms with Gasteiger partial charge in [0.2, 0.25) is 0 Å². The lowest BCUT2D eigenvalue weighted by atomic mass is 10.1. The van der Waals surface area contributed by atoms with Crippen molar-refractivity contribution in [3.05, 3.63) is 41.6 Å². The van der Waals surface area contributed by atoms with Crippen LogP contribution < -0.4 is 0 Å². The average molecular weight is 253 g/mol. The summed E-state index contributed by atoms with van der Waals surface area (Å²) in [5.41, 5.74) is 1.66. The molecule has 2 rings (SSSR count). The van der Waals surface area contributed by atoms with Crippen molar-refractivity contribution in [1.82, 2.24) is 4.47 Å². The third kappa shape index (κ3) is 2.68. The molecule has 5 heteroatoms. The molecule has 0 radical (unpaired) electrons. The molecule has 0 amide bonds. The molecule has 1 fully saturated rings. The largest absolute Gasteiger partial charge is 0.262 e. The highest BCUT2D eigenvalue weighted by molar-refractivity contribution is 7.89. The first-order valence-electron chi connectivity index (χ1n) is 5.46. The van der Waals surface area contributed by atoms with Crippen molar-refractivity contribution in [3.8, 4) is 0 Å². The van der Waals surface area contributed by atoms with Gasteiger partial charge in [0.05, 0.1) is 18.6 Å². The van der Waals surface area contributed by atoms with E-state index in [2.05, 4.69) is 0 Å². The van der Waals surface area contributed by atoms with Gasteiger partial charge < -0.3 is 0 Å². The van der Waals surface area contributed by atoms with Crippen molar-refractivity contribution in [3.63, 3.8) is 0 Å². The lowest BCUT2D eigenvalue weighted by Crippen LogP contribution is -2.35. The molecule has 0 spiro atoms. The maximum atomic E-state index is 11.8. The van der Waals surface area contributed by atoms with Gasteiger partial charge in [0, 0.05) is 0 Å². The minimum absolute atomic E-state index is 0.146. The Hall–Kier alpha value is -1.33. The minimum atomic E-state index is -3.30. The number of rotatable bonds is 2. The van der Waals surface area contributed by atoms with Gasteiger partial charge in [-0.3, -0.25) is 4.84 Å². The van der Waals surface area contributed by atoms with Crippen LogP contribution in [0.2, 0.25) is 0 Å². The fraction of sp³-hybridized carbons (Fsp3) is 0.333. The minimum Gasteiger partial charge on any atom is -0.262 e.